The maximum atomic E-state index is 12.3. The predicted molar refractivity (Wildman–Crippen MR) is 95.9 cm³/mol. The summed E-state index contributed by atoms with van der Waals surface area (Å²) in [5.74, 6) is -1.69. The van der Waals surface area contributed by atoms with Crippen LogP contribution >= 0.6 is 0 Å². The number of carboxylic acids is 1. The molecule has 6 nitrogen and oxygen atoms in total. The summed E-state index contributed by atoms with van der Waals surface area (Å²) < 4.78 is 10.9. The molecule has 0 bridgehead atoms. The van der Waals surface area contributed by atoms with Gasteiger partial charge in [-0.1, -0.05) is 42.0 Å². The number of amides is 1. The zero-order valence-corrected chi connectivity index (χ0v) is 14.3. The lowest BCUT2D eigenvalue weighted by Gasteiger charge is -2.14. The molecule has 1 aromatic heterocycles. The van der Waals surface area contributed by atoms with Crippen molar-refractivity contribution in [2.45, 2.75) is 19.6 Å². The second-order valence-corrected chi connectivity index (χ2v) is 6.02. The second-order valence-electron chi connectivity index (χ2n) is 6.02. The Hall–Kier alpha value is -3.12. The van der Waals surface area contributed by atoms with Gasteiger partial charge in [0.15, 0.2) is 11.8 Å². The number of rotatable bonds is 7. The highest BCUT2D eigenvalue weighted by atomic mass is 16.5. The van der Waals surface area contributed by atoms with Crippen molar-refractivity contribution in [3.8, 4) is 0 Å². The Morgan fingerprint density at radius 3 is 2.65 bits per heavy atom. The number of aliphatic carboxylic acids is 1. The van der Waals surface area contributed by atoms with Crippen LogP contribution in [0.3, 0.4) is 0 Å². The molecule has 1 amide bonds. The topological polar surface area (TPSA) is 88.8 Å². The molecule has 0 aliphatic rings. The molecule has 0 aliphatic carbocycles. The molecule has 0 fully saturated rings. The van der Waals surface area contributed by atoms with Crippen molar-refractivity contribution in [3.05, 3.63) is 71.5 Å². The van der Waals surface area contributed by atoms with E-state index in [-0.39, 0.29) is 19.0 Å². The van der Waals surface area contributed by atoms with E-state index in [1.54, 1.807) is 12.1 Å². The molecule has 1 heterocycles. The smallest absolute Gasteiger partial charge is 0.328 e. The first-order chi connectivity index (χ1) is 12.5. The van der Waals surface area contributed by atoms with Crippen molar-refractivity contribution >= 4 is 22.8 Å². The maximum Gasteiger partial charge on any atom is 0.328 e. The summed E-state index contributed by atoms with van der Waals surface area (Å²) in [6, 6.07) is 15.4. The molecule has 3 aromatic rings. The van der Waals surface area contributed by atoms with E-state index >= 15 is 0 Å². The third-order valence-electron chi connectivity index (χ3n) is 3.90. The zero-order valence-electron chi connectivity index (χ0n) is 14.3. The molecule has 1 atom stereocenters. The van der Waals surface area contributed by atoms with E-state index in [0.717, 1.165) is 16.5 Å². The number of aryl methyl sites for hydroxylation is 1. The fourth-order valence-electron chi connectivity index (χ4n) is 2.55. The average molecular weight is 353 g/mol. The van der Waals surface area contributed by atoms with Crippen molar-refractivity contribution < 1.29 is 23.8 Å². The molecule has 134 valence electrons. The maximum absolute atomic E-state index is 12.3. The fraction of sp³-hybridized carbons (Fsp3) is 0.200. The van der Waals surface area contributed by atoms with Crippen LogP contribution in [-0.2, 0) is 16.1 Å². The first-order valence-corrected chi connectivity index (χ1v) is 8.18. The minimum atomic E-state index is -1.17. The lowest BCUT2D eigenvalue weighted by atomic mass is 10.2. The number of hydrogen-bond acceptors (Lipinski definition) is 4. The number of furan rings is 1. The van der Waals surface area contributed by atoms with Crippen molar-refractivity contribution in [2.24, 2.45) is 0 Å². The third-order valence-corrected chi connectivity index (χ3v) is 3.90. The largest absolute Gasteiger partial charge is 0.480 e. The summed E-state index contributed by atoms with van der Waals surface area (Å²) in [6.45, 7) is 2.07. The molecule has 0 saturated carbocycles. The van der Waals surface area contributed by atoms with Gasteiger partial charge in [-0.3, -0.25) is 4.79 Å². The summed E-state index contributed by atoms with van der Waals surface area (Å²) in [7, 11) is 0. The number of fused-ring (bicyclic) bond motifs is 1. The molecule has 3 rings (SSSR count). The van der Waals surface area contributed by atoms with Crippen molar-refractivity contribution in [1.82, 2.24) is 5.32 Å². The Balaban J connectivity index is 1.62. The van der Waals surface area contributed by atoms with E-state index in [2.05, 4.69) is 5.32 Å². The van der Waals surface area contributed by atoms with E-state index in [0.29, 0.717) is 5.58 Å². The highest BCUT2D eigenvalue weighted by Crippen LogP contribution is 2.20. The standard InChI is InChI=1S/C20H19NO5/c1-13-7-8-17-15(9-13)10-18(26-17)19(22)21-16(20(23)24)12-25-11-14-5-3-2-4-6-14/h2-10,16H,11-12H2,1H3,(H,21,22)(H,23,24)/t16-/m0/s1. The number of carbonyl (C=O) groups excluding carboxylic acids is 1. The Morgan fingerprint density at radius 1 is 1.15 bits per heavy atom. The van der Waals surface area contributed by atoms with E-state index in [1.807, 2.05) is 49.4 Å². The molecule has 0 unspecified atom stereocenters. The molecule has 0 spiro atoms. The lowest BCUT2D eigenvalue weighted by molar-refractivity contribution is -0.141. The molecule has 0 aliphatic heterocycles. The van der Waals surface area contributed by atoms with Gasteiger partial charge in [-0.25, -0.2) is 4.79 Å². The number of carboxylic acid groups (broad SMARTS) is 1. The van der Waals surface area contributed by atoms with Gasteiger partial charge in [0.2, 0.25) is 0 Å². The molecular formula is C20H19NO5. The summed E-state index contributed by atoms with van der Waals surface area (Å²) >= 11 is 0. The highest BCUT2D eigenvalue weighted by Gasteiger charge is 2.23. The molecule has 2 N–H and O–H groups in total. The normalized spacial score (nSPS) is 12.0. The molecule has 26 heavy (non-hydrogen) atoms. The number of ether oxygens (including phenoxy) is 1. The van der Waals surface area contributed by atoms with Gasteiger partial charge in [0, 0.05) is 5.39 Å². The van der Waals surface area contributed by atoms with Crippen LogP contribution in [0.1, 0.15) is 21.7 Å². The molecule has 2 aromatic carbocycles. The lowest BCUT2D eigenvalue weighted by Crippen LogP contribution is -2.43. The van der Waals surface area contributed by atoms with Crippen LogP contribution in [0.2, 0.25) is 0 Å². The fourth-order valence-corrected chi connectivity index (χ4v) is 2.55. The van der Waals surface area contributed by atoms with E-state index < -0.39 is 17.9 Å². The third kappa shape index (κ3) is 4.29. The Bertz CT molecular complexity index is 916. The predicted octanol–water partition coefficient (Wildman–Crippen LogP) is 3.14. The summed E-state index contributed by atoms with van der Waals surface area (Å²) in [4.78, 5) is 23.7. The zero-order chi connectivity index (χ0) is 18.5. The minimum Gasteiger partial charge on any atom is -0.480 e. The Morgan fingerprint density at radius 2 is 1.92 bits per heavy atom. The minimum absolute atomic E-state index is 0.0694. The summed E-state index contributed by atoms with van der Waals surface area (Å²) in [5.41, 5.74) is 2.55. The van der Waals surface area contributed by atoms with Crippen LogP contribution in [-0.4, -0.2) is 29.6 Å². The number of hydrogen-bond donors (Lipinski definition) is 2. The van der Waals surface area contributed by atoms with Crippen molar-refractivity contribution in [3.63, 3.8) is 0 Å². The Kier molecular flexibility index (Phi) is 5.34. The van der Waals surface area contributed by atoms with Gasteiger partial charge in [0.05, 0.1) is 13.2 Å². The van der Waals surface area contributed by atoms with E-state index in [4.69, 9.17) is 9.15 Å². The summed E-state index contributed by atoms with van der Waals surface area (Å²) in [6.07, 6.45) is 0. The first-order valence-electron chi connectivity index (χ1n) is 8.18. The van der Waals surface area contributed by atoms with Crippen LogP contribution in [0, 0.1) is 6.92 Å². The van der Waals surface area contributed by atoms with E-state index in [9.17, 15) is 14.7 Å². The SMILES string of the molecule is Cc1ccc2oc(C(=O)N[C@@H](COCc3ccccc3)C(=O)O)cc2c1. The molecule has 0 saturated heterocycles. The van der Waals surface area contributed by atoms with Gasteiger partial charge < -0.3 is 19.6 Å². The number of carbonyl (C=O) groups is 2. The second kappa shape index (κ2) is 7.84. The van der Waals surface area contributed by atoms with Crippen LogP contribution < -0.4 is 5.32 Å². The molecule has 6 heteroatoms. The van der Waals surface area contributed by atoms with Gasteiger partial charge in [-0.05, 0) is 30.7 Å². The number of nitrogens with one attached hydrogen (secondary N) is 1. The van der Waals surface area contributed by atoms with Gasteiger partial charge in [0.1, 0.15) is 5.58 Å². The van der Waals surface area contributed by atoms with Crippen LogP contribution in [0.15, 0.2) is 59.0 Å². The first kappa shape index (κ1) is 17.7. The van der Waals surface area contributed by atoms with Gasteiger partial charge >= 0.3 is 5.97 Å². The van der Waals surface area contributed by atoms with Crippen molar-refractivity contribution in [1.29, 1.82) is 0 Å². The molecule has 0 radical (unpaired) electrons. The quantitative estimate of drug-likeness (QED) is 0.681. The highest BCUT2D eigenvalue weighted by molar-refractivity contribution is 5.98. The van der Waals surface area contributed by atoms with Gasteiger partial charge in [-0.15, -0.1) is 0 Å². The number of benzene rings is 2. The molecular weight excluding hydrogens is 334 g/mol. The van der Waals surface area contributed by atoms with Crippen LogP contribution in [0.4, 0.5) is 0 Å². The average Bonchev–Trinajstić information content (AvgIpc) is 3.04. The van der Waals surface area contributed by atoms with Crippen molar-refractivity contribution in [2.75, 3.05) is 6.61 Å². The van der Waals surface area contributed by atoms with Gasteiger partial charge in [-0.2, -0.15) is 0 Å². The Labute approximate surface area is 150 Å². The summed E-state index contributed by atoms with van der Waals surface area (Å²) in [5, 5.41) is 12.5. The van der Waals surface area contributed by atoms with Crippen LogP contribution in [0.5, 0.6) is 0 Å². The van der Waals surface area contributed by atoms with Crippen LogP contribution in [0.25, 0.3) is 11.0 Å². The monoisotopic (exact) mass is 353 g/mol. The van der Waals surface area contributed by atoms with Gasteiger partial charge in [0.25, 0.3) is 5.91 Å². The van der Waals surface area contributed by atoms with E-state index in [1.165, 1.54) is 0 Å².